The van der Waals surface area contributed by atoms with E-state index in [0.29, 0.717) is 18.7 Å². The zero-order chi connectivity index (χ0) is 22.9. The van der Waals surface area contributed by atoms with E-state index in [1.807, 2.05) is 18.2 Å². The van der Waals surface area contributed by atoms with Gasteiger partial charge in [-0.1, -0.05) is 42.5 Å². The first-order chi connectivity index (χ1) is 15.5. The summed E-state index contributed by atoms with van der Waals surface area (Å²) >= 11 is 3.18. The first-order valence-electron chi connectivity index (χ1n) is 9.86. The van der Waals surface area contributed by atoms with Crippen molar-refractivity contribution in [3.8, 4) is 16.2 Å². The van der Waals surface area contributed by atoms with Gasteiger partial charge in [0.1, 0.15) is 11.8 Å². The number of hydrogen-bond donors (Lipinski definition) is 4. The third-order valence-corrected chi connectivity index (χ3v) is 6.66. The summed E-state index contributed by atoms with van der Waals surface area (Å²) in [4.78, 5) is 13.4. The molecule has 0 spiro atoms. The van der Waals surface area contributed by atoms with Crippen molar-refractivity contribution in [3.63, 3.8) is 0 Å². The van der Waals surface area contributed by atoms with Gasteiger partial charge in [-0.05, 0) is 47.3 Å². The van der Waals surface area contributed by atoms with E-state index >= 15 is 0 Å². The fourth-order valence-electron chi connectivity index (χ4n) is 2.95. The minimum atomic E-state index is -0.749. The van der Waals surface area contributed by atoms with E-state index in [-0.39, 0.29) is 5.75 Å². The second kappa shape index (κ2) is 11.6. The van der Waals surface area contributed by atoms with Crippen molar-refractivity contribution in [2.24, 2.45) is 11.6 Å². The van der Waals surface area contributed by atoms with Gasteiger partial charge < -0.3 is 20.6 Å². The molecule has 0 aliphatic rings. The van der Waals surface area contributed by atoms with Crippen molar-refractivity contribution >= 4 is 29.3 Å². The first kappa shape index (κ1) is 23.7. The number of thiophene rings is 1. The Bertz CT molecular complexity index is 1040. The number of nitrogens with one attached hydrogen (secondary N) is 1. The van der Waals surface area contributed by atoms with Crippen LogP contribution in [0, 0.1) is 0 Å². The van der Waals surface area contributed by atoms with Crippen LogP contribution in [0.25, 0.3) is 10.4 Å². The topological polar surface area (TPSA) is 114 Å². The highest BCUT2D eigenvalue weighted by Gasteiger charge is 2.24. The normalized spacial score (nSPS) is 12.4. The van der Waals surface area contributed by atoms with Gasteiger partial charge in [-0.25, -0.2) is 10.6 Å². The van der Waals surface area contributed by atoms with Gasteiger partial charge in [-0.15, -0.1) is 11.3 Å². The average molecular weight is 471 g/mol. The van der Waals surface area contributed by atoms with Gasteiger partial charge in [-0.3, -0.25) is 4.72 Å². The van der Waals surface area contributed by atoms with Crippen LogP contribution in [0.3, 0.4) is 0 Å². The van der Waals surface area contributed by atoms with Crippen molar-refractivity contribution in [1.82, 2.24) is 9.73 Å². The maximum Gasteiger partial charge on any atom is 0.330 e. The molecule has 1 atom stereocenters. The Labute approximate surface area is 195 Å². The van der Waals surface area contributed by atoms with Crippen LogP contribution in [-0.2, 0) is 16.0 Å². The number of ether oxygens (including phenoxy) is 1. The molecule has 0 radical (unpaired) electrons. The average Bonchev–Trinajstić information content (AvgIpc) is 3.27. The Balaban J connectivity index is 1.55. The fraction of sp³-hybridized carbons (Fsp3) is 0.174. The number of rotatable bonds is 10. The summed E-state index contributed by atoms with van der Waals surface area (Å²) in [6.45, 7) is 0.379. The van der Waals surface area contributed by atoms with E-state index in [1.165, 1.54) is 40.7 Å². The van der Waals surface area contributed by atoms with E-state index in [1.54, 1.807) is 35.6 Å². The third kappa shape index (κ3) is 6.76. The lowest BCUT2D eigenvalue weighted by Gasteiger charge is -2.24. The van der Waals surface area contributed by atoms with Gasteiger partial charge in [0.05, 0.1) is 11.3 Å². The molecule has 0 saturated heterocycles. The first-order valence-corrected chi connectivity index (χ1v) is 11.5. The van der Waals surface area contributed by atoms with Gasteiger partial charge in [0, 0.05) is 29.7 Å². The van der Waals surface area contributed by atoms with Crippen molar-refractivity contribution in [3.05, 3.63) is 84.2 Å². The van der Waals surface area contributed by atoms with Crippen molar-refractivity contribution in [1.29, 1.82) is 0 Å². The zero-order valence-corrected chi connectivity index (χ0v) is 19.2. The van der Waals surface area contributed by atoms with E-state index in [9.17, 15) is 9.90 Å². The van der Waals surface area contributed by atoms with Gasteiger partial charge in [0.15, 0.2) is 0 Å². The number of phenols is 1. The van der Waals surface area contributed by atoms with E-state index in [4.69, 9.17) is 16.3 Å². The summed E-state index contributed by atoms with van der Waals surface area (Å²) < 4.78 is 9.22. The molecule has 3 aromatic rings. The lowest BCUT2D eigenvalue weighted by molar-refractivity contribution is -0.146. The largest absolute Gasteiger partial charge is 0.508 e. The Kier molecular flexibility index (Phi) is 8.57. The molecular weight excluding hydrogens is 444 g/mol. The molecule has 168 valence electrons. The minimum Gasteiger partial charge on any atom is -0.508 e. The number of phenolic OH excluding ortho intramolecular Hbond substituents is 1. The van der Waals surface area contributed by atoms with Crippen LogP contribution in [0.1, 0.15) is 5.56 Å². The Morgan fingerprint density at radius 1 is 1.19 bits per heavy atom. The number of esters is 1. The fourth-order valence-corrected chi connectivity index (χ4v) is 4.82. The number of hydrazine groups is 1. The summed E-state index contributed by atoms with van der Waals surface area (Å²) in [5.41, 5.74) is 8.60. The molecule has 1 heterocycles. The van der Waals surface area contributed by atoms with Gasteiger partial charge >= 0.3 is 5.97 Å². The Morgan fingerprint density at radius 2 is 1.91 bits per heavy atom. The maximum atomic E-state index is 12.2. The van der Waals surface area contributed by atoms with Crippen LogP contribution in [0.15, 0.2) is 82.8 Å². The maximum absolute atomic E-state index is 12.2. The van der Waals surface area contributed by atoms with Crippen LogP contribution in [0.4, 0.5) is 0 Å². The monoisotopic (exact) mass is 470 g/mol. The number of carbonyl (C=O) groups is 1. The summed E-state index contributed by atoms with van der Waals surface area (Å²) in [6, 6.07) is 20.2. The molecule has 0 fully saturated rings. The predicted molar refractivity (Wildman–Crippen MR) is 130 cm³/mol. The van der Waals surface area contributed by atoms with Gasteiger partial charge in [0.2, 0.25) is 0 Å². The molecule has 9 heteroatoms. The van der Waals surface area contributed by atoms with E-state index in [0.717, 1.165) is 9.77 Å². The number of hydrogen-bond acceptors (Lipinski definition) is 9. The lowest BCUT2D eigenvalue weighted by Crippen LogP contribution is -2.45. The van der Waals surface area contributed by atoms with Crippen LogP contribution in [0.2, 0.25) is 0 Å². The number of nitrogens with zero attached hydrogens (tertiary/aromatic N) is 1. The molecule has 3 rings (SSSR count). The molecule has 6 N–H and O–H groups in total. The number of carbonyl (C=O) groups excluding carboxylic acids is 1. The predicted octanol–water partition coefficient (Wildman–Crippen LogP) is 3.48. The lowest BCUT2D eigenvalue weighted by atomic mass is 10.1. The molecule has 1 aromatic heterocycles. The van der Waals surface area contributed by atoms with Gasteiger partial charge in [-0.2, -0.15) is 0 Å². The molecule has 0 bridgehead atoms. The Hall–Kier alpha value is -2.98. The molecule has 0 saturated carbocycles. The standard InChI is InChI=1S/C23H26N4O3S2/c1-30-23(29)20(13-16-7-9-19(28)10-8-16)27(25)15-18(24)14-26-32-22-12-11-21(31-22)17-5-3-2-4-6-17/h2-12,15,20,26,28H,13-14,24-25H2,1H3/b18-15-/t20-/m1/s1. The number of methoxy groups -OCH3 is 1. The highest BCUT2D eigenvalue weighted by atomic mass is 32.2. The van der Waals surface area contributed by atoms with Crippen molar-refractivity contribution < 1.29 is 14.6 Å². The second-order valence-corrected chi connectivity index (χ2v) is 9.24. The molecule has 32 heavy (non-hydrogen) atoms. The Morgan fingerprint density at radius 3 is 2.59 bits per heavy atom. The summed E-state index contributed by atoms with van der Waals surface area (Å²) in [7, 11) is 1.32. The van der Waals surface area contributed by atoms with Crippen LogP contribution in [0.5, 0.6) is 5.75 Å². The van der Waals surface area contributed by atoms with Crippen LogP contribution >= 0.6 is 23.3 Å². The minimum absolute atomic E-state index is 0.155. The zero-order valence-electron chi connectivity index (χ0n) is 17.6. The summed E-state index contributed by atoms with van der Waals surface area (Å²) in [5, 5.41) is 10.7. The summed E-state index contributed by atoms with van der Waals surface area (Å²) in [6.07, 6.45) is 1.84. The molecule has 0 aliphatic carbocycles. The van der Waals surface area contributed by atoms with Crippen molar-refractivity contribution in [2.75, 3.05) is 13.7 Å². The van der Waals surface area contributed by atoms with Gasteiger partial charge in [0.25, 0.3) is 0 Å². The highest BCUT2D eigenvalue weighted by molar-refractivity contribution is 7.99. The molecular formula is C23H26N4O3S2. The molecule has 0 aliphatic heterocycles. The molecule has 2 aromatic carbocycles. The summed E-state index contributed by atoms with van der Waals surface area (Å²) in [5.74, 6) is 5.80. The number of benzene rings is 2. The smallest absolute Gasteiger partial charge is 0.330 e. The molecule has 0 amide bonds. The molecule has 7 nitrogen and oxygen atoms in total. The van der Waals surface area contributed by atoms with E-state index in [2.05, 4.69) is 29.0 Å². The highest BCUT2D eigenvalue weighted by Crippen LogP contribution is 2.32. The SMILES string of the molecule is COC(=O)[C@@H](Cc1ccc(O)cc1)N(N)/C=C(\N)CNSc1ccc(-c2ccccc2)s1. The van der Waals surface area contributed by atoms with E-state index < -0.39 is 12.0 Å². The second-order valence-electron chi connectivity index (χ2n) is 6.97. The number of nitrogens with two attached hydrogens (primary N) is 2. The number of aromatic hydroxyl groups is 1. The van der Waals surface area contributed by atoms with Crippen molar-refractivity contribution in [2.45, 2.75) is 16.7 Å². The molecule has 0 unspecified atom stereocenters. The quantitative estimate of drug-likeness (QED) is 0.154. The van der Waals surface area contributed by atoms with Crippen LogP contribution < -0.4 is 16.3 Å². The third-order valence-electron chi connectivity index (χ3n) is 4.60. The van der Waals surface area contributed by atoms with Crippen LogP contribution in [-0.4, -0.2) is 35.8 Å².